The van der Waals surface area contributed by atoms with E-state index in [0.29, 0.717) is 29.6 Å². The number of carbonyl (C=O) groups is 2. The van der Waals surface area contributed by atoms with E-state index in [2.05, 4.69) is 9.97 Å². The molecule has 2 aromatic carbocycles. The number of rotatable bonds is 8. The Morgan fingerprint density at radius 1 is 1.08 bits per heavy atom. The Balaban J connectivity index is 1.44. The van der Waals surface area contributed by atoms with Crippen molar-refractivity contribution >= 4 is 33.1 Å². The van der Waals surface area contributed by atoms with Crippen LogP contribution in [0.15, 0.2) is 65.7 Å². The Morgan fingerprint density at radius 2 is 1.76 bits per heavy atom. The molecule has 0 aliphatic heterocycles. The van der Waals surface area contributed by atoms with Crippen LogP contribution >= 0.6 is 0 Å². The molecule has 0 radical (unpaired) electrons. The number of pyridine rings is 1. The van der Waals surface area contributed by atoms with Gasteiger partial charge in [0, 0.05) is 30.3 Å². The van der Waals surface area contributed by atoms with Gasteiger partial charge in [0.1, 0.15) is 17.4 Å². The predicted octanol–water partition coefficient (Wildman–Crippen LogP) is 4.54. The Bertz CT molecular complexity index is 1560. The maximum atomic E-state index is 12.4. The van der Waals surface area contributed by atoms with Crippen LogP contribution in [0.25, 0.3) is 16.9 Å². The summed E-state index contributed by atoms with van der Waals surface area (Å²) in [6, 6.07) is 15.6. The van der Waals surface area contributed by atoms with Gasteiger partial charge < -0.3 is 4.74 Å². The van der Waals surface area contributed by atoms with E-state index in [1.807, 2.05) is 47.4 Å². The fourth-order valence-electron chi connectivity index (χ4n) is 3.96. The molecule has 1 atom stereocenters. The topological polar surface area (TPSA) is 120 Å². The Labute approximate surface area is 215 Å². The van der Waals surface area contributed by atoms with Gasteiger partial charge in [0.25, 0.3) is 10.0 Å². The Morgan fingerprint density at radius 3 is 2.38 bits per heavy atom. The summed E-state index contributed by atoms with van der Waals surface area (Å²) in [5, 5.41) is 0. The average molecular weight is 521 g/mol. The lowest BCUT2D eigenvalue weighted by molar-refractivity contribution is 0.101. The highest BCUT2D eigenvalue weighted by Gasteiger charge is 2.20. The fourth-order valence-corrected chi connectivity index (χ4v) is 4.84. The molecule has 1 amide bonds. The highest BCUT2D eigenvalue weighted by molar-refractivity contribution is 7.90. The number of aryl methyl sites for hydroxylation is 2. The SMILES string of the molecule is CCc1nc2cc(C(C)=O)cnc2n1-c1ccc(CC(C)OC(=O)NS(=O)(=O)c2ccc(C)cc2)cc1. The first-order valence-electron chi connectivity index (χ1n) is 11.8. The highest BCUT2D eigenvalue weighted by atomic mass is 32.2. The van der Waals surface area contributed by atoms with E-state index in [-0.39, 0.29) is 10.7 Å². The number of hydrogen-bond acceptors (Lipinski definition) is 7. The van der Waals surface area contributed by atoms with Crippen molar-refractivity contribution in [2.75, 3.05) is 0 Å². The molecule has 0 saturated carbocycles. The number of nitrogens with zero attached hydrogens (tertiary/aromatic N) is 3. The first-order valence-corrected chi connectivity index (χ1v) is 13.3. The number of carbonyl (C=O) groups excluding carboxylic acids is 2. The van der Waals surface area contributed by atoms with Crippen LogP contribution in [0.3, 0.4) is 0 Å². The van der Waals surface area contributed by atoms with E-state index >= 15 is 0 Å². The van der Waals surface area contributed by atoms with Crippen LogP contribution in [0.2, 0.25) is 0 Å². The lowest BCUT2D eigenvalue weighted by Gasteiger charge is -2.15. The van der Waals surface area contributed by atoms with E-state index in [1.165, 1.54) is 19.1 Å². The number of aromatic nitrogens is 3. The summed E-state index contributed by atoms with van der Waals surface area (Å²) in [6.07, 6.45) is 1.03. The molecule has 0 saturated heterocycles. The van der Waals surface area contributed by atoms with Crippen LogP contribution in [-0.2, 0) is 27.6 Å². The maximum Gasteiger partial charge on any atom is 0.421 e. The van der Waals surface area contributed by atoms with Crippen molar-refractivity contribution in [2.45, 2.75) is 51.5 Å². The second-order valence-corrected chi connectivity index (χ2v) is 10.5. The van der Waals surface area contributed by atoms with Crippen molar-refractivity contribution in [3.63, 3.8) is 0 Å². The number of hydrogen-bond donors (Lipinski definition) is 1. The molecule has 9 nitrogen and oxygen atoms in total. The van der Waals surface area contributed by atoms with Crippen LogP contribution in [-0.4, -0.2) is 40.9 Å². The fraction of sp³-hybridized carbons (Fsp3) is 0.259. The molecule has 0 spiro atoms. The Kier molecular flexibility index (Phi) is 7.40. The predicted molar refractivity (Wildman–Crippen MR) is 139 cm³/mol. The molecular weight excluding hydrogens is 492 g/mol. The van der Waals surface area contributed by atoms with Gasteiger partial charge in [0.15, 0.2) is 11.4 Å². The molecule has 0 fully saturated rings. The summed E-state index contributed by atoms with van der Waals surface area (Å²) in [6.45, 7) is 7.04. The molecule has 2 aromatic heterocycles. The van der Waals surface area contributed by atoms with Crippen LogP contribution in [0.5, 0.6) is 0 Å². The van der Waals surface area contributed by atoms with E-state index in [9.17, 15) is 18.0 Å². The quantitative estimate of drug-likeness (QED) is 0.339. The van der Waals surface area contributed by atoms with E-state index in [4.69, 9.17) is 4.74 Å². The molecule has 1 unspecified atom stereocenters. The molecule has 4 aromatic rings. The lowest BCUT2D eigenvalue weighted by Crippen LogP contribution is -2.33. The largest absolute Gasteiger partial charge is 0.445 e. The Hall–Kier alpha value is -4.05. The number of ether oxygens (including phenoxy) is 1. The number of imidazole rings is 1. The second kappa shape index (κ2) is 10.5. The van der Waals surface area contributed by atoms with E-state index in [1.54, 1.807) is 31.3 Å². The number of nitrogens with one attached hydrogen (secondary N) is 1. The molecule has 4 rings (SSSR count). The maximum absolute atomic E-state index is 12.4. The monoisotopic (exact) mass is 520 g/mol. The third kappa shape index (κ3) is 5.86. The second-order valence-electron chi connectivity index (χ2n) is 8.84. The molecule has 1 N–H and O–H groups in total. The van der Waals surface area contributed by atoms with Crippen molar-refractivity contribution in [2.24, 2.45) is 0 Å². The van der Waals surface area contributed by atoms with Crippen molar-refractivity contribution in [3.8, 4) is 5.69 Å². The van der Waals surface area contributed by atoms with Gasteiger partial charge in [-0.25, -0.2) is 27.9 Å². The number of Topliss-reactive ketones (excluding diaryl/α,β-unsaturated/α-hetero) is 1. The van der Waals surface area contributed by atoms with Gasteiger partial charge in [-0.15, -0.1) is 0 Å². The van der Waals surface area contributed by atoms with Crippen molar-refractivity contribution in [1.29, 1.82) is 0 Å². The van der Waals surface area contributed by atoms with Gasteiger partial charge in [-0.3, -0.25) is 9.36 Å². The summed E-state index contributed by atoms with van der Waals surface area (Å²) in [5.74, 6) is 0.753. The van der Waals surface area contributed by atoms with Crippen LogP contribution in [0.4, 0.5) is 4.79 Å². The van der Waals surface area contributed by atoms with Gasteiger partial charge in [0.05, 0.1) is 4.90 Å². The number of benzene rings is 2. The summed E-state index contributed by atoms with van der Waals surface area (Å²) in [5.41, 5.74) is 4.51. The molecular formula is C27H28N4O5S. The normalized spacial score (nSPS) is 12.3. The zero-order chi connectivity index (χ0) is 26.7. The standard InChI is InChI=1S/C27H28N4O5S/c1-5-25-29-24-15-21(19(4)32)16-28-26(24)31(25)22-10-8-20(9-11-22)14-18(3)36-27(33)30-37(34,35)23-12-6-17(2)7-13-23/h6-13,15-16,18H,5,14H2,1-4H3,(H,30,33). The van der Waals surface area contributed by atoms with Gasteiger partial charge in [-0.05, 0) is 56.7 Å². The molecule has 0 bridgehead atoms. The molecule has 0 aliphatic carbocycles. The van der Waals surface area contributed by atoms with Crippen molar-refractivity contribution in [3.05, 3.63) is 83.3 Å². The van der Waals surface area contributed by atoms with Crippen LogP contribution in [0.1, 0.15) is 48.1 Å². The number of ketones is 1. The van der Waals surface area contributed by atoms with Gasteiger partial charge in [0.2, 0.25) is 0 Å². The number of sulfonamides is 1. The van der Waals surface area contributed by atoms with Crippen LogP contribution in [0, 0.1) is 6.92 Å². The van der Waals surface area contributed by atoms with Crippen molar-refractivity contribution in [1.82, 2.24) is 19.3 Å². The molecule has 37 heavy (non-hydrogen) atoms. The van der Waals surface area contributed by atoms with Gasteiger partial charge in [-0.2, -0.15) is 0 Å². The summed E-state index contributed by atoms with van der Waals surface area (Å²) in [7, 11) is -4.02. The number of amides is 1. The van der Waals surface area contributed by atoms with Crippen molar-refractivity contribution < 1.29 is 22.7 Å². The smallest absolute Gasteiger partial charge is 0.421 e. The first kappa shape index (κ1) is 26.0. The summed E-state index contributed by atoms with van der Waals surface area (Å²) >= 11 is 0. The third-order valence-electron chi connectivity index (χ3n) is 5.86. The zero-order valence-electron chi connectivity index (χ0n) is 21.1. The number of fused-ring (bicyclic) bond motifs is 1. The van der Waals surface area contributed by atoms with Gasteiger partial charge >= 0.3 is 6.09 Å². The highest BCUT2D eigenvalue weighted by Crippen LogP contribution is 2.22. The molecule has 2 heterocycles. The zero-order valence-corrected chi connectivity index (χ0v) is 21.9. The first-order chi connectivity index (χ1) is 17.6. The lowest BCUT2D eigenvalue weighted by atomic mass is 10.1. The minimum Gasteiger partial charge on any atom is -0.445 e. The molecule has 10 heteroatoms. The molecule has 0 aliphatic rings. The van der Waals surface area contributed by atoms with Gasteiger partial charge in [-0.1, -0.05) is 36.8 Å². The average Bonchev–Trinajstić information content (AvgIpc) is 3.22. The van der Waals surface area contributed by atoms with E-state index in [0.717, 1.165) is 22.6 Å². The minimum atomic E-state index is -4.02. The minimum absolute atomic E-state index is 0.0104. The van der Waals surface area contributed by atoms with Crippen LogP contribution < -0.4 is 4.72 Å². The van der Waals surface area contributed by atoms with E-state index < -0.39 is 22.2 Å². The summed E-state index contributed by atoms with van der Waals surface area (Å²) in [4.78, 5) is 33.0. The summed E-state index contributed by atoms with van der Waals surface area (Å²) < 4.78 is 34.0. The third-order valence-corrected chi connectivity index (χ3v) is 7.19. The molecule has 192 valence electrons.